The summed E-state index contributed by atoms with van der Waals surface area (Å²) in [6, 6.07) is 8.66. The second-order valence-corrected chi connectivity index (χ2v) is 5.75. The Hall–Kier alpha value is -0.860. The SMILES string of the molecule is CCC(C)[C@H](CN)Cc1csc2ccccc12. The molecule has 0 amide bonds. The van der Waals surface area contributed by atoms with E-state index in [0.29, 0.717) is 11.8 Å². The molecule has 0 aliphatic rings. The molecule has 0 saturated heterocycles. The van der Waals surface area contributed by atoms with Crippen molar-refractivity contribution in [2.24, 2.45) is 17.6 Å². The van der Waals surface area contributed by atoms with Crippen LogP contribution in [0.2, 0.25) is 0 Å². The van der Waals surface area contributed by atoms with Gasteiger partial charge in [0.1, 0.15) is 0 Å². The van der Waals surface area contributed by atoms with Crippen LogP contribution in [0, 0.1) is 11.8 Å². The first-order valence-corrected chi connectivity index (χ1v) is 7.29. The van der Waals surface area contributed by atoms with Crippen LogP contribution < -0.4 is 5.73 Å². The number of rotatable bonds is 5. The lowest BCUT2D eigenvalue weighted by Gasteiger charge is -2.20. The Balaban J connectivity index is 2.22. The molecular weight excluding hydrogens is 226 g/mol. The van der Waals surface area contributed by atoms with E-state index < -0.39 is 0 Å². The van der Waals surface area contributed by atoms with E-state index >= 15 is 0 Å². The maximum absolute atomic E-state index is 5.91. The van der Waals surface area contributed by atoms with Crippen LogP contribution in [0.3, 0.4) is 0 Å². The van der Waals surface area contributed by atoms with Crippen molar-refractivity contribution in [1.82, 2.24) is 0 Å². The fraction of sp³-hybridized carbons (Fsp3) is 0.467. The number of nitrogens with two attached hydrogens (primary N) is 1. The molecule has 1 heterocycles. The van der Waals surface area contributed by atoms with Crippen LogP contribution in [0.4, 0.5) is 0 Å². The summed E-state index contributed by atoms with van der Waals surface area (Å²) in [6.07, 6.45) is 2.33. The van der Waals surface area contributed by atoms with Gasteiger partial charge in [0, 0.05) is 4.70 Å². The average Bonchev–Trinajstić information content (AvgIpc) is 2.78. The number of hydrogen-bond acceptors (Lipinski definition) is 2. The molecule has 1 unspecified atom stereocenters. The van der Waals surface area contributed by atoms with Gasteiger partial charge in [-0.2, -0.15) is 0 Å². The minimum atomic E-state index is 0.609. The Morgan fingerprint density at radius 1 is 1.29 bits per heavy atom. The van der Waals surface area contributed by atoms with E-state index in [1.54, 1.807) is 0 Å². The van der Waals surface area contributed by atoms with E-state index in [4.69, 9.17) is 5.73 Å². The van der Waals surface area contributed by atoms with Gasteiger partial charge in [0.05, 0.1) is 0 Å². The van der Waals surface area contributed by atoms with Gasteiger partial charge in [-0.05, 0) is 47.2 Å². The average molecular weight is 247 g/mol. The molecule has 0 radical (unpaired) electrons. The van der Waals surface area contributed by atoms with Crippen LogP contribution in [-0.2, 0) is 6.42 Å². The molecule has 2 atom stereocenters. The molecular formula is C15H21NS. The van der Waals surface area contributed by atoms with E-state index in [2.05, 4.69) is 43.5 Å². The van der Waals surface area contributed by atoms with Crippen molar-refractivity contribution in [3.05, 3.63) is 35.2 Å². The van der Waals surface area contributed by atoms with Gasteiger partial charge in [0.15, 0.2) is 0 Å². The molecule has 0 bridgehead atoms. The first-order valence-electron chi connectivity index (χ1n) is 6.41. The molecule has 1 aromatic heterocycles. The van der Waals surface area contributed by atoms with Gasteiger partial charge in [0.25, 0.3) is 0 Å². The third-order valence-corrected chi connectivity index (χ3v) is 4.81. The molecule has 1 nitrogen and oxygen atoms in total. The summed E-state index contributed by atoms with van der Waals surface area (Å²) in [4.78, 5) is 0. The lowest BCUT2D eigenvalue weighted by atomic mass is 9.86. The van der Waals surface area contributed by atoms with Gasteiger partial charge in [0.2, 0.25) is 0 Å². The second kappa shape index (κ2) is 5.65. The summed E-state index contributed by atoms with van der Waals surface area (Å²) in [6.45, 7) is 5.35. The third-order valence-electron chi connectivity index (χ3n) is 3.79. The topological polar surface area (TPSA) is 26.0 Å². The summed E-state index contributed by atoms with van der Waals surface area (Å²) in [5.74, 6) is 1.32. The highest BCUT2D eigenvalue weighted by atomic mass is 32.1. The molecule has 92 valence electrons. The van der Waals surface area contributed by atoms with Crippen LogP contribution in [0.15, 0.2) is 29.6 Å². The van der Waals surface area contributed by atoms with Crippen molar-refractivity contribution in [1.29, 1.82) is 0 Å². The van der Waals surface area contributed by atoms with Crippen LogP contribution in [0.5, 0.6) is 0 Å². The fourth-order valence-corrected chi connectivity index (χ4v) is 3.30. The van der Waals surface area contributed by atoms with Crippen molar-refractivity contribution in [3.8, 4) is 0 Å². The predicted octanol–water partition coefficient (Wildman–Crippen LogP) is 4.06. The van der Waals surface area contributed by atoms with Crippen molar-refractivity contribution >= 4 is 21.4 Å². The third kappa shape index (κ3) is 2.70. The molecule has 0 aliphatic heterocycles. The quantitative estimate of drug-likeness (QED) is 0.847. The smallest absolute Gasteiger partial charge is 0.0345 e. The van der Waals surface area contributed by atoms with E-state index in [9.17, 15) is 0 Å². The number of hydrogen-bond donors (Lipinski definition) is 1. The summed E-state index contributed by atoms with van der Waals surface area (Å²) in [7, 11) is 0. The van der Waals surface area contributed by atoms with E-state index in [1.807, 2.05) is 11.3 Å². The molecule has 2 heteroatoms. The number of thiophene rings is 1. The van der Waals surface area contributed by atoms with Gasteiger partial charge in [-0.25, -0.2) is 0 Å². The van der Waals surface area contributed by atoms with Gasteiger partial charge < -0.3 is 5.73 Å². The molecule has 2 rings (SSSR count). The van der Waals surface area contributed by atoms with E-state index in [0.717, 1.165) is 13.0 Å². The maximum atomic E-state index is 5.91. The zero-order valence-electron chi connectivity index (χ0n) is 10.6. The minimum absolute atomic E-state index is 0.609. The van der Waals surface area contributed by atoms with Crippen molar-refractivity contribution in [2.75, 3.05) is 6.54 Å². The molecule has 2 N–H and O–H groups in total. The fourth-order valence-electron chi connectivity index (χ4n) is 2.32. The highest BCUT2D eigenvalue weighted by molar-refractivity contribution is 7.17. The van der Waals surface area contributed by atoms with Crippen molar-refractivity contribution < 1.29 is 0 Å². The summed E-state index contributed by atoms with van der Waals surface area (Å²) in [5.41, 5.74) is 7.39. The predicted molar refractivity (Wildman–Crippen MR) is 77.5 cm³/mol. The molecule has 2 aromatic rings. The molecule has 0 aliphatic carbocycles. The molecule has 17 heavy (non-hydrogen) atoms. The van der Waals surface area contributed by atoms with Crippen molar-refractivity contribution in [2.45, 2.75) is 26.7 Å². The Kier molecular flexibility index (Phi) is 4.19. The summed E-state index contributed by atoms with van der Waals surface area (Å²) in [5, 5.41) is 3.72. The zero-order chi connectivity index (χ0) is 12.3. The normalized spacial score (nSPS) is 15.0. The molecule has 0 fully saturated rings. The van der Waals surface area contributed by atoms with E-state index in [-0.39, 0.29) is 0 Å². The Morgan fingerprint density at radius 2 is 2.06 bits per heavy atom. The van der Waals surface area contributed by atoms with Gasteiger partial charge in [-0.15, -0.1) is 11.3 Å². The molecule has 0 spiro atoms. The first kappa shape index (κ1) is 12.6. The van der Waals surface area contributed by atoms with Crippen LogP contribution >= 0.6 is 11.3 Å². The molecule has 1 aromatic carbocycles. The van der Waals surface area contributed by atoms with Gasteiger partial charge in [-0.1, -0.05) is 38.5 Å². The number of fused-ring (bicyclic) bond motifs is 1. The monoisotopic (exact) mass is 247 g/mol. The lowest BCUT2D eigenvalue weighted by Crippen LogP contribution is -2.23. The van der Waals surface area contributed by atoms with Crippen LogP contribution in [0.25, 0.3) is 10.1 Å². The van der Waals surface area contributed by atoms with Crippen LogP contribution in [0.1, 0.15) is 25.8 Å². The highest BCUT2D eigenvalue weighted by Crippen LogP contribution is 2.29. The summed E-state index contributed by atoms with van der Waals surface area (Å²) >= 11 is 1.84. The standard InChI is InChI=1S/C15H21NS/c1-3-11(2)12(9-16)8-13-10-17-15-7-5-4-6-14(13)15/h4-7,10-12H,3,8-9,16H2,1-2H3/t11?,12-/m0/s1. The van der Waals surface area contributed by atoms with Crippen molar-refractivity contribution in [3.63, 3.8) is 0 Å². The second-order valence-electron chi connectivity index (χ2n) is 4.84. The number of benzene rings is 1. The highest BCUT2D eigenvalue weighted by Gasteiger charge is 2.16. The van der Waals surface area contributed by atoms with Gasteiger partial charge >= 0.3 is 0 Å². The largest absolute Gasteiger partial charge is 0.330 e. The Bertz CT molecular complexity index is 474. The zero-order valence-corrected chi connectivity index (χ0v) is 11.5. The Labute approximate surface area is 108 Å². The minimum Gasteiger partial charge on any atom is -0.330 e. The molecule has 0 saturated carbocycles. The maximum Gasteiger partial charge on any atom is 0.0345 e. The lowest BCUT2D eigenvalue weighted by molar-refractivity contribution is 0.355. The van der Waals surface area contributed by atoms with E-state index in [1.165, 1.54) is 22.1 Å². The Morgan fingerprint density at radius 3 is 2.76 bits per heavy atom. The van der Waals surface area contributed by atoms with Gasteiger partial charge in [-0.3, -0.25) is 0 Å². The summed E-state index contributed by atoms with van der Waals surface area (Å²) < 4.78 is 1.39. The van der Waals surface area contributed by atoms with Crippen LogP contribution in [-0.4, -0.2) is 6.54 Å². The first-order chi connectivity index (χ1) is 8.26.